The fraction of sp³-hybridized carbons (Fsp3) is 0.100. The lowest BCUT2D eigenvalue weighted by Gasteiger charge is -2.07. The summed E-state index contributed by atoms with van der Waals surface area (Å²) >= 11 is 0. The monoisotopic (exact) mass is 349 g/mol. The first kappa shape index (κ1) is 17.3. The second-order valence-electron chi connectivity index (χ2n) is 5.61. The van der Waals surface area contributed by atoms with Crippen LogP contribution in [0.4, 0.5) is 5.69 Å². The number of carbonyl (C=O) groups excluding carboxylic acids is 1. The molecule has 0 heterocycles. The molecule has 1 amide bonds. The van der Waals surface area contributed by atoms with E-state index in [0.29, 0.717) is 11.3 Å². The highest BCUT2D eigenvalue weighted by Crippen LogP contribution is 2.27. The topological polar surface area (TPSA) is 83.0 Å². The number of ether oxygens (including phenoxy) is 1. The molecule has 0 radical (unpaired) electrons. The first-order valence-electron chi connectivity index (χ1n) is 8.08. The third kappa shape index (κ3) is 4.10. The number of anilines is 1. The SMILES string of the molecule is COc1cccc(/C=N\NC(=O)CNc2ccc3ccccc3c2)c1O. The molecule has 0 aliphatic heterocycles. The Balaban J connectivity index is 1.55. The summed E-state index contributed by atoms with van der Waals surface area (Å²) in [5, 5.41) is 19.1. The van der Waals surface area contributed by atoms with Gasteiger partial charge in [-0.2, -0.15) is 5.10 Å². The maximum absolute atomic E-state index is 11.9. The average Bonchev–Trinajstić information content (AvgIpc) is 2.67. The fourth-order valence-corrected chi connectivity index (χ4v) is 2.50. The molecule has 0 aliphatic carbocycles. The van der Waals surface area contributed by atoms with Gasteiger partial charge in [-0.15, -0.1) is 0 Å². The Labute approximate surface area is 151 Å². The molecule has 6 nitrogen and oxygen atoms in total. The fourth-order valence-electron chi connectivity index (χ4n) is 2.50. The quantitative estimate of drug-likeness (QED) is 0.472. The van der Waals surface area contributed by atoms with Crippen molar-refractivity contribution in [2.75, 3.05) is 19.0 Å². The second kappa shape index (κ2) is 8.02. The van der Waals surface area contributed by atoms with Gasteiger partial charge >= 0.3 is 0 Å². The predicted octanol–water partition coefficient (Wildman–Crippen LogP) is 3.12. The minimum atomic E-state index is -0.295. The summed E-state index contributed by atoms with van der Waals surface area (Å²) in [4.78, 5) is 11.9. The first-order valence-corrected chi connectivity index (χ1v) is 8.08. The maximum Gasteiger partial charge on any atom is 0.259 e. The Hall–Kier alpha value is -3.54. The van der Waals surface area contributed by atoms with Gasteiger partial charge in [0.15, 0.2) is 11.5 Å². The van der Waals surface area contributed by atoms with Crippen molar-refractivity contribution in [3.05, 3.63) is 66.2 Å². The number of amides is 1. The highest BCUT2D eigenvalue weighted by Gasteiger charge is 2.05. The van der Waals surface area contributed by atoms with Crippen LogP contribution in [0, 0.1) is 0 Å². The first-order chi connectivity index (χ1) is 12.7. The van der Waals surface area contributed by atoms with Crippen LogP contribution in [-0.4, -0.2) is 30.9 Å². The molecule has 3 N–H and O–H groups in total. The lowest BCUT2D eigenvalue weighted by molar-refractivity contribution is -0.119. The van der Waals surface area contributed by atoms with Gasteiger partial charge in [-0.05, 0) is 35.0 Å². The number of phenolic OH excluding ortho intramolecular Hbond substituents is 1. The molecule has 3 aromatic carbocycles. The predicted molar refractivity (Wildman–Crippen MR) is 103 cm³/mol. The van der Waals surface area contributed by atoms with Crippen LogP contribution >= 0.6 is 0 Å². The lowest BCUT2D eigenvalue weighted by Crippen LogP contribution is -2.25. The highest BCUT2D eigenvalue weighted by molar-refractivity contribution is 5.88. The molecule has 0 saturated heterocycles. The number of hydrogen-bond donors (Lipinski definition) is 3. The molecular formula is C20H19N3O3. The number of carbonyl (C=O) groups is 1. The number of benzene rings is 3. The minimum Gasteiger partial charge on any atom is -0.504 e. The third-order valence-electron chi connectivity index (χ3n) is 3.85. The second-order valence-corrected chi connectivity index (χ2v) is 5.61. The van der Waals surface area contributed by atoms with E-state index in [1.54, 1.807) is 18.2 Å². The largest absolute Gasteiger partial charge is 0.504 e. The molecule has 0 saturated carbocycles. The van der Waals surface area contributed by atoms with Crippen LogP contribution in [-0.2, 0) is 4.79 Å². The van der Waals surface area contributed by atoms with Crippen molar-refractivity contribution in [1.29, 1.82) is 0 Å². The van der Waals surface area contributed by atoms with Crippen molar-refractivity contribution in [2.45, 2.75) is 0 Å². The van der Waals surface area contributed by atoms with Crippen molar-refractivity contribution in [3.8, 4) is 11.5 Å². The Morgan fingerprint density at radius 3 is 2.73 bits per heavy atom. The van der Waals surface area contributed by atoms with Crippen LogP contribution < -0.4 is 15.5 Å². The lowest BCUT2D eigenvalue weighted by atomic mass is 10.1. The summed E-state index contributed by atoms with van der Waals surface area (Å²) in [6.45, 7) is 0.0831. The van der Waals surface area contributed by atoms with E-state index < -0.39 is 0 Å². The number of hydrazone groups is 1. The van der Waals surface area contributed by atoms with E-state index >= 15 is 0 Å². The van der Waals surface area contributed by atoms with Crippen LogP contribution in [0.15, 0.2) is 65.8 Å². The van der Waals surface area contributed by atoms with Crippen LogP contribution in [0.25, 0.3) is 10.8 Å². The van der Waals surface area contributed by atoms with Gasteiger partial charge in [0.05, 0.1) is 19.9 Å². The van der Waals surface area contributed by atoms with Crippen LogP contribution in [0.5, 0.6) is 11.5 Å². The number of rotatable bonds is 6. The Kier molecular flexibility index (Phi) is 5.34. The van der Waals surface area contributed by atoms with Crippen molar-refractivity contribution >= 4 is 28.6 Å². The molecule has 0 aromatic heterocycles. The van der Waals surface area contributed by atoms with Gasteiger partial charge < -0.3 is 15.2 Å². The molecule has 0 unspecified atom stereocenters. The van der Waals surface area contributed by atoms with Gasteiger partial charge in [0.2, 0.25) is 0 Å². The zero-order valence-electron chi connectivity index (χ0n) is 14.3. The maximum atomic E-state index is 11.9. The third-order valence-corrected chi connectivity index (χ3v) is 3.85. The molecule has 0 bridgehead atoms. The van der Waals surface area contributed by atoms with Gasteiger partial charge in [0.25, 0.3) is 5.91 Å². The normalized spacial score (nSPS) is 10.8. The van der Waals surface area contributed by atoms with Crippen LogP contribution in [0.3, 0.4) is 0 Å². The molecule has 0 fully saturated rings. The Morgan fingerprint density at radius 2 is 1.92 bits per heavy atom. The number of methoxy groups -OCH3 is 1. The van der Waals surface area contributed by atoms with E-state index in [2.05, 4.69) is 15.8 Å². The van der Waals surface area contributed by atoms with E-state index in [1.807, 2.05) is 42.5 Å². The highest BCUT2D eigenvalue weighted by atomic mass is 16.5. The van der Waals surface area contributed by atoms with Crippen molar-refractivity contribution in [2.24, 2.45) is 5.10 Å². The van der Waals surface area contributed by atoms with Gasteiger partial charge in [0, 0.05) is 11.3 Å². The summed E-state index contributed by atoms with van der Waals surface area (Å²) in [5.74, 6) is 0.0253. The standard InChI is InChI=1S/C20H19N3O3/c1-26-18-8-4-7-16(20(18)25)12-22-23-19(24)13-21-17-10-9-14-5-2-3-6-15(14)11-17/h2-12,21,25H,13H2,1H3,(H,23,24)/b22-12-. The zero-order chi connectivity index (χ0) is 18.4. The molecular weight excluding hydrogens is 330 g/mol. The number of para-hydroxylation sites is 1. The molecule has 0 aliphatic rings. The van der Waals surface area contributed by atoms with Gasteiger partial charge in [-0.1, -0.05) is 36.4 Å². The summed E-state index contributed by atoms with van der Waals surface area (Å²) in [7, 11) is 1.47. The minimum absolute atomic E-state index is 0.0257. The van der Waals surface area contributed by atoms with E-state index in [-0.39, 0.29) is 18.2 Å². The summed E-state index contributed by atoms with van der Waals surface area (Å²) in [5.41, 5.74) is 3.73. The number of phenols is 1. The Morgan fingerprint density at radius 1 is 1.12 bits per heavy atom. The number of aromatic hydroxyl groups is 1. The van der Waals surface area contributed by atoms with Crippen molar-refractivity contribution < 1.29 is 14.6 Å². The molecule has 26 heavy (non-hydrogen) atoms. The van der Waals surface area contributed by atoms with Gasteiger partial charge in [-0.3, -0.25) is 4.79 Å². The zero-order valence-corrected chi connectivity index (χ0v) is 14.3. The molecule has 3 rings (SSSR count). The number of fused-ring (bicyclic) bond motifs is 1. The van der Waals surface area contributed by atoms with Crippen LogP contribution in [0.1, 0.15) is 5.56 Å². The number of nitrogens with one attached hydrogen (secondary N) is 2. The van der Waals surface area contributed by atoms with Crippen LogP contribution in [0.2, 0.25) is 0 Å². The average molecular weight is 349 g/mol. The molecule has 0 atom stereocenters. The van der Waals surface area contributed by atoms with Gasteiger partial charge in [0.1, 0.15) is 0 Å². The summed E-state index contributed by atoms with van der Waals surface area (Å²) < 4.78 is 5.02. The Bertz CT molecular complexity index is 954. The number of hydrogen-bond acceptors (Lipinski definition) is 5. The van der Waals surface area contributed by atoms with E-state index in [1.165, 1.54) is 13.3 Å². The smallest absolute Gasteiger partial charge is 0.259 e. The van der Waals surface area contributed by atoms with Crippen molar-refractivity contribution in [3.63, 3.8) is 0 Å². The van der Waals surface area contributed by atoms with Crippen molar-refractivity contribution in [1.82, 2.24) is 5.43 Å². The van der Waals surface area contributed by atoms with Gasteiger partial charge in [-0.25, -0.2) is 5.43 Å². The molecule has 3 aromatic rings. The summed E-state index contributed by atoms with van der Waals surface area (Å²) in [6, 6.07) is 19.0. The molecule has 0 spiro atoms. The van der Waals surface area contributed by atoms with E-state index in [0.717, 1.165) is 16.5 Å². The number of nitrogens with zero attached hydrogens (tertiary/aromatic N) is 1. The molecule has 132 valence electrons. The molecule has 6 heteroatoms. The van der Waals surface area contributed by atoms with E-state index in [9.17, 15) is 9.90 Å². The van der Waals surface area contributed by atoms with E-state index in [4.69, 9.17) is 4.74 Å². The summed E-state index contributed by atoms with van der Waals surface area (Å²) in [6.07, 6.45) is 1.37.